The molecule has 6 nitrogen and oxygen atoms in total. The van der Waals surface area contributed by atoms with Crippen LogP contribution in [0.25, 0.3) is 0 Å². The lowest BCUT2D eigenvalue weighted by molar-refractivity contribution is 0.0970. The summed E-state index contributed by atoms with van der Waals surface area (Å²) in [7, 11) is 1.94. The van der Waals surface area contributed by atoms with E-state index in [2.05, 4.69) is 15.3 Å². The Bertz CT molecular complexity index is 322. The Morgan fingerprint density at radius 1 is 1.47 bits per heavy atom. The number of likely N-dealkylation sites (N-methyl/N-ethyl adjacent to an activating group) is 1. The molecule has 0 spiro atoms. The fourth-order valence-corrected chi connectivity index (χ4v) is 1.29. The van der Waals surface area contributed by atoms with E-state index >= 15 is 0 Å². The maximum atomic E-state index is 8.58. The van der Waals surface area contributed by atoms with Crippen LogP contribution in [0.5, 0.6) is 0 Å². The maximum absolute atomic E-state index is 8.58. The Kier molecular flexibility index (Phi) is 6.27. The highest BCUT2D eigenvalue weighted by Gasteiger charge is 2.03. The second-order valence-corrected chi connectivity index (χ2v) is 3.53. The van der Waals surface area contributed by atoms with E-state index in [1.807, 2.05) is 24.9 Å². The first-order chi connectivity index (χ1) is 8.27. The average Bonchev–Trinajstić information content (AvgIpc) is 2.35. The molecule has 1 heterocycles. The summed E-state index contributed by atoms with van der Waals surface area (Å²) in [6.45, 7) is 4.53. The lowest BCUT2D eigenvalue weighted by Gasteiger charge is -2.18. The van der Waals surface area contributed by atoms with Gasteiger partial charge in [-0.15, -0.1) is 0 Å². The van der Waals surface area contributed by atoms with Crippen LogP contribution in [-0.2, 0) is 4.74 Å². The molecule has 96 valence electrons. The highest BCUT2D eigenvalue weighted by Crippen LogP contribution is 2.09. The minimum absolute atomic E-state index is 0.0573. The van der Waals surface area contributed by atoms with Crippen LogP contribution in [0.3, 0.4) is 0 Å². The van der Waals surface area contributed by atoms with E-state index in [9.17, 15) is 0 Å². The summed E-state index contributed by atoms with van der Waals surface area (Å²) in [4.78, 5) is 10.5. The van der Waals surface area contributed by atoms with Gasteiger partial charge in [-0.05, 0) is 13.0 Å². The molecular weight excluding hydrogens is 220 g/mol. The third-order valence-corrected chi connectivity index (χ3v) is 2.17. The standard InChI is InChI=1S/C11H20N4O2/c1-3-12-11-13-5-4-10(14-11)15(2)6-8-17-9-7-16/h4-5,16H,3,6-9H2,1-2H3,(H,12,13,14). The molecule has 1 rings (SSSR count). The zero-order valence-electron chi connectivity index (χ0n) is 10.4. The highest BCUT2D eigenvalue weighted by atomic mass is 16.5. The molecule has 0 saturated heterocycles. The lowest BCUT2D eigenvalue weighted by Crippen LogP contribution is -2.24. The van der Waals surface area contributed by atoms with Crippen LogP contribution in [0.1, 0.15) is 6.92 Å². The third kappa shape index (κ3) is 4.97. The molecule has 0 bridgehead atoms. The number of aromatic nitrogens is 2. The van der Waals surface area contributed by atoms with Crippen LogP contribution in [-0.4, -0.2) is 55.0 Å². The summed E-state index contributed by atoms with van der Waals surface area (Å²) in [6.07, 6.45) is 1.73. The number of rotatable bonds is 8. The Morgan fingerprint density at radius 2 is 2.29 bits per heavy atom. The quantitative estimate of drug-likeness (QED) is 0.639. The second-order valence-electron chi connectivity index (χ2n) is 3.53. The van der Waals surface area contributed by atoms with Gasteiger partial charge in [-0.25, -0.2) is 4.98 Å². The number of hydrogen-bond acceptors (Lipinski definition) is 6. The maximum Gasteiger partial charge on any atom is 0.224 e. The van der Waals surface area contributed by atoms with Gasteiger partial charge >= 0.3 is 0 Å². The van der Waals surface area contributed by atoms with Crippen molar-refractivity contribution in [3.8, 4) is 0 Å². The van der Waals surface area contributed by atoms with Gasteiger partial charge in [0.25, 0.3) is 0 Å². The summed E-state index contributed by atoms with van der Waals surface area (Å²) in [5.74, 6) is 1.48. The molecule has 0 unspecified atom stereocenters. The third-order valence-electron chi connectivity index (χ3n) is 2.17. The number of hydrogen-bond donors (Lipinski definition) is 2. The predicted molar refractivity (Wildman–Crippen MR) is 67.4 cm³/mol. The zero-order chi connectivity index (χ0) is 12.5. The van der Waals surface area contributed by atoms with E-state index in [4.69, 9.17) is 9.84 Å². The first kappa shape index (κ1) is 13.7. The number of aliphatic hydroxyl groups is 1. The minimum atomic E-state index is 0.0573. The summed E-state index contributed by atoms with van der Waals surface area (Å²) in [6, 6.07) is 1.85. The lowest BCUT2D eigenvalue weighted by atomic mass is 10.5. The van der Waals surface area contributed by atoms with Crippen molar-refractivity contribution in [2.45, 2.75) is 6.92 Å². The first-order valence-electron chi connectivity index (χ1n) is 5.74. The van der Waals surface area contributed by atoms with Crippen molar-refractivity contribution >= 4 is 11.8 Å². The largest absolute Gasteiger partial charge is 0.394 e. The van der Waals surface area contributed by atoms with Crippen LogP contribution >= 0.6 is 0 Å². The van der Waals surface area contributed by atoms with Gasteiger partial charge in [0, 0.05) is 26.3 Å². The molecule has 6 heteroatoms. The Balaban J connectivity index is 2.44. The van der Waals surface area contributed by atoms with Gasteiger partial charge in [0.15, 0.2) is 0 Å². The first-order valence-corrected chi connectivity index (χ1v) is 5.74. The minimum Gasteiger partial charge on any atom is -0.394 e. The van der Waals surface area contributed by atoms with Gasteiger partial charge in [-0.3, -0.25) is 0 Å². The zero-order valence-corrected chi connectivity index (χ0v) is 10.4. The fourth-order valence-electron chi connectivity index (χ4n) is 1.29. The molecule has 1 aromatic heterocycles. The Labute approximate surface area is 102 Å². The molecule has 0 aliphatic heterocycles. The number of nitrogens with zero attached hydrogens (tertiary/aromatic N) is 3. The number of ether oxygens (including phenoxy) is 1. The van der Waals surface area contributed by atoms with Gasteiger partial charge in [0.1, 0.15) is 5.82 Å². The van der Waals surface area contributed by atoms with Crippen LogP contribution < -0.4 is 10.2 Å². The van der Waals surface area contributed by atoms with Gasteiger partial charge in [0.2, 0.25) is 5.95 Å². The van der Waals surface area contributed by atoms with Gasteiger partial charge < -0.3 is 20.1 Å². The van der Waals surface area contributed by atoms with E-state index in [0.29, 0.717) is 19.2 Å². The van der Waals surface area contributed by atoms with E-state index in [1.165, 1.54) is 0 Å². The van der Waals surface area contributed by atoms with E-state index in [-0.39, 0.29) is 6.61 Å². The predicted octanol–water partition coefficient (Wildman–Crippen LogP) is 0.353. The molecular formula is C11H20N4O2. The van der Waals surface area contributed by atoms with Crippen molar-refractivity contribution in [1.82, 2.24) is 9.97 Å². The molecule has 0 amide bonds. The topological polar surface area (TPSA) is 70.5 Å². The van der Waals surface area contributed by atoms with Crippen molar-refractivity contribution in [1.29, 1.82) is 0 Å². The summed E-state index contributed by atoms with van der Waals surface area (Å²) in [5, 5.41) is 11.6. The summed E-state index contributed by atoms with van der Waals surface area (Å²) < 4.78 is 5.20. The van der Waals surface area contributed by atoms with Crippen LogP contribution in [0.15, 0.2) is 12.3 Å². The normalized spacial score (nSPS) is 10.3. The molecule has 0 fully saturated rings. The van der Waals surface area contributed by atoms with Gasteiger partial charge in [0.05, 0.1) is 19.8 Å². The number of aliphatic hydroxyl groups excluding tert-OH is 1. The van der Waals surface area contributed by atoms with Crippen molar-refractivity contribution in [3.63, 3.8) is 0 Å². The van der Waals surface area contributed by atoms with Crippen molar-refractivity contribution in [3.05, 3.63) is 12.3 Å². The SMILES string of the molecule is CCNc1nccc(N(C)CCOCCO)n1. The van der Waals surface area contributed by atoms with Crippen molar-refractivity contribution < 1.29 is 9.84 Å². The molecule has 0 atom stereocenters. The fraction of sp³-hybridized carbons (Fsp3) is 0.636. The van der Waals surface area contributed by atoms with E-state index in [1.54, 1.807) is 6.20 Å². The molecule has 0 saturated carbocycles. The highest BCUT2D eigenvalue weighted by molar-refractivity contribution is 5.41. The Morgan fingerprint density at radius 3 is 3.00 bits per heavy atom. The Hall–Kier alpha value is -1.40. The number of nitrogens with one attached hydrogen (secondary N) is 1. The monoisotopic (exact) mass is 240 g/mol. The molecule has 17 heavy (non-hydrogen) atoms. The van der Waals surface area contributed by atoms with Crippen molar-refractivity contribution in [2.24, 2.45) is 0 Å². The van der Waals surface area contributed by atoms with Crippen LogP contribution in [0, 0.1) is 0 Å². The smallest absolute Gasteiger partial charge is 0.224 e. The second kappa shape index (κ2) is 7.81. The summed E-state index contributed by atoms with van der Waals surface area (Å²) >= 11 is 0. The van der Waals surface area contributed by atoms with Crippen LogP contribution in [0.4, 0.5) is 11.8 Å². The average molecular weight is 240 g/mol. The van der Waals surface area contributed by atoms with Gasteiger partial charge in [-0.2, -0.15) is 4.98 Å². The summed E-state index contributed by atoms with van der Waals surface area (Å²) in [5.41, 5.74) is 0. The van der Waals surface area contributed by atoms with Gasteiger partial charge in [-0.1, -0.05) is 0 Å². The molecule has 0 aliphatic rings. The number of anilines is 2. The molecule has 0 aromatic carbocycles. The van der Waals surface area contributed by atoms with E-state index in [0.717, 1.165) is 18.9 Å². The molecule has 2 N–H and O–H groups in total. The molecule has 0 radical (unpaired) electrons. The molecule has 0 aliphatic carbocycles. The van der Waals surface area contributed by atoms with Crippen molar-refractivity contribution in [2.75, 3.05) is 50.2 Å². The van der Waals surface area contributed by atoms with E-state index < -0.39 is 0 Å². The van der Waals surface area contributed by atoms with Crippen LogP contribution in [0.2, 0.25) is 0 Å². The molecule has 1 aromatic rings.